The molecule has 1 aliphatic heterocycles. The number of nitrogens with zero attached hydrogens (tertiary/aromatic N) is 2. The zero-order chi connectivity index (χ0) is 16.4. The van der Waals surface area contributed by atoms with Gasteiger partial charge in [-0.2, -0.15) is 0 Å². The number of rotatable bonds is 11. The Bertz CT molecular complexity index is 398. The second kappa shape index (κ2) is 10.7. The molecule has 0 radical (unpaired) electrons. The molecule has 0 N–H and O–H groups in total. The van der Waals surface area contributed by atoms with Crippen LogP contribution in [0.4, 0.5) is 0 Å². The molecular weight excluding hydrogens is 320 g/mol. The molecule has 0 aromatic carbocycles. The molecule has 0 spiro atoms. The molecule has 0 saturated carbocycles. The van der Waals surface area contributed by atoms with Crippen molar-refractivity contribution in [1.82, 2.24) is 9.55 Å². The van der Waals surface area contributed by atoms with Crippen LogP contribution < -0.4 is 0 Å². The van der Waals surface area contributed by atoms with Crippen molar-refractivity contribution >= 4 is 23.5 Å². The third kappa shape index (κ3) is 7.13. The molecule has 1 aromatic rings. The molecule has 0 unspecified atom stereocenters. The van der Waals surface area contributed by atoms with E-state index in [-0.39, 0.29) is 0 Å². The number of hydrogen-bond acceptors (Lipinski definition) is 3. The van der Waals surface area contributed by atoms with Gasteiger partial charge in [0.15, 0.2) is 0 Å². The van der Waals surface area contributed by atoms with E-state index in [1.807, 2.05) is 12.5 Å². The van der Waals surface area contributed by atoms with Crippen LogP contribution in [0.5, 0.6) is 0 Å². The second-order valence-corrected chi connectivity index (χ2v) is 10.1. The van der Waals surface area contributed by atoms with Crippen molar-refractivity contribution in [2.75, 3.05) is 11.5 Å². The summed E-state index contributed by atoms with van der Waals surface area (Å²) < 4.78 is 2.70. The Morgan fingerprint density at radius 2 is 1.74 bits per heavy atom. The number of aromatic nitrogens is 2. The lowest BCUT2D eigenvalue weighted by Crippen LogP contribution is -2.30. The van der Waals surface area contributed by atoms with Gasteiger partial charge in [0.1, 0.15) is 0 Å². The Kier molecular flexibility index (Phi) is 8.96. The molecule has 0 amide bonds. The quantitative estimate of drug-likeness (QED) is 0.439. The van der Waals surface area contributed by atoms with E-state index in [1.165, 1.54) is 69.3 Å². The van der Waals surface area contributed by atoms with Crippen LogP contribution in [0.3, 0.4) is 0 Å². The Balaban J connectivity index is 1.72. The average molecular weight is 355 g/mol. The SMILES string of the molecule is CCCCCCCCCC1(CCn2ccnc2)SCC(C)CS1. The number of imidazole rings is 1. The molecule has 4 heteroatoms. The van der Waals surface area contributed by atoms with Gasteiger partial charge in [-0.15, -0.1) is 23.5 Å². The van der Waals surface area contributed by atoms with Crippen LogP contribution in [0.15, 0.2) is 18.7 Å². The van der Waals surface area contributed by atoms with Crippen LogP contribution >= 0.6 is 23.5 Å². The number of unbranched alkanes of at least 4 members (excludes halogenated alkanes) is 6. The van der Waals surface area contributed by atoms with Gasteiger partial charge in [-0.1, -0.05) is 58.8 Å². The maximum absolute atomic E-state index is 4.18. The van der Waals surface area contributed by atoms with Crippen LogP contribution in [-0.2, 0) is 6.54 Å². The molecule has 2 nitrogen and oxygen atoms in total. The maximum Gasteiger partial charge on any atom is 0.0945 e. The second-order valence-electron chi connectivity index (χ2n) is 7.06. The molecule has 23 heavy (non-hydrogen) atoms. The Hall–Kier alpha value is -0.0900. The number of aryl methyl sites for hydroxylation is 1. The molecule has 2 heterocycles. The first-order valence-corrected chi connectivity index (χ1v) is 11.4. The van der Waals surface area contributed by atoms with E-state index in [0.717, 1.165) is 12.5 Å². The van der Waals surface area contributed by atoms with E-state index in [9.17, 15) is 0 Å². The minimum Gasteiger partial charge on any atom is -0.337 e. The van der Waals surface area contributed by atoms with E-state index in [2.05, 4.69) is 53.1 Å². The molecule has 1 aromatic heterocycles. The van der Waals surface area contributed by atoms with Crippen LogP contribution in [0, 0.1) is 5.92 Å². The van der Waals surface area contributed by atoms with Crippen LogP contribution in [0.1, 0.15) is 71.6 Å². The van der Waals surface area contributed by atoms with Crippen LogP contribution in [-0.4, -0.2) is 25.1 Å². The predicted molar refractivity (Wildman–Crippen MR) is 106 cm³/mol. The van der Waals surface area contributed by atoms with Crippen molar-refractivity contribution in [3.8, 4) is 0 Å². The summed E-state index contributed by atoms with van der Waals surface area (Å²) in [5.74, 6) is 3.56. The van der Waals surface area contributed by atoms with Crippen molar-refractivity contribution in [3.63, 3.8) is 0 Å². The van der Waals surface area contributed by atoms with E-state index in [4.69, 9.17) is 0 Å². The topological polar surface area (TPSA) is 17.8 Å². The zero-order valence-corrected chi connectivity index (χ0v) is 16.6. The van der Waals surface area contributed by atoms with Gasteiger partial charge in [0, 0.05) is 18.9 Å². The third-order valence-electron chi connectivity index (χ3n) is 4.73. The van der Waals surface area contributed by atoms with Gasteiger partial charge < -0.3 is 4.57 Å². The highest BCUT2D eigenvalue weighted by Gasteiger charge is 2.34. The monoisotopic (exact) mass is 354 g/mol. The normalized spacial score (nSPS) is 24.9. The fourth-order valence-electron chi connectivity index (χ4n) is 3.16. The summed E-state index contributed by atoms with van der Waals surface area (Å²) in [5, 5.41) is 0. The van der Waals surface area contributed by atoms with Gasteiger partial charge in [-0.05, 0) is 30.3 Å². The van der Waals surface area contributed by atoms with Crippen molar-refractivity contribution in [1.29, 1.82) is 0 Å². The van der Waals surface area contributed by atoms with Gasteiger partial charge in [0.05, 0.1) is 10.4 Å². The molecule has 0 aliphatic carbocycles. The zero-order valence-electron chi connectivity index (χ0n) is 15.0. The summed E-state index contributed by atoms with van der Waals surface area (Å²) in [6.45, 7) is 5.81. The molecule has 0 atom stereocenters. The van der Waals surface area contributed by atoms with Gasteiger partial charge in [0.2, 0.25) is 0 Å². The Labute approximate surface area is 151 Å². The largest absolute Gasteiger partial charge is 0.337 e. The molecule has 0 bridgehead atoms. The summed E-state index contributed by atoms with van der Waals surface area (Å²) >= 11 is 4.48. The van der Waals surface area contributed by atoms with E-state index < -0.39 is 0 Å². The lowest BCUT2D eigenvalue weighted by Gasteiger charge is -2.38. The molecule has 1 saturated heterocycles. The highest BCUT2D eigenvalue weighted by Crippen LogP contribution is 2.49. The summed E-state index contributed by atoms with van der Waals surface area (Å²) in [6, 6.07) is 0. The minimum absolute atomic E-state index is 0.459. The molecule has 1 aliphatic rings. The predicted octanol–water partition coefficient (Wildman–Crippen LogP) is 6.23. The molecular formula is C19H34N2S2. The average Bonchev–Trinajstić information content (AvgIpc) is 3.08. The Morgan fingerprint density at radius 1 is 1.04 bits per heavy atom. The van der Waals surface area contributed by atoms with Gasteiger partial charge in [-0.3, -0.25) is 0 Å². The summed E-state index contributed by atoms with van der Waals surface area (Å²) in [6.07, 6.45) is 18.5. The van der Waals surface area contributed by atoms with Gasteiger partial charge >= 0.3 is 0 Å². The third-order valence-corrected chi connectivity index (χ3v) is 8.78. The molecule has 1 fully saturated rings. The smallest absolute Gasteiger partial charge is 0.0945 e. The van der Waals surface area contributed by atoms with Crippen LogP contribution in [0.2, 0.25) is 0 Å². The van der Waals surface area contributed by atoms with Crippen LogP contribution in [0.25, 0.3) is 0 Å². The summed E-state index contributed by atoms with van der Waals surface area (Å²) in [5.41, 5.74) is 0. The van der Waals surface area contributed by atoms with Gasteiger partial charge in [-0.25, -0.2) is 4.98 Å². The lowest BCUT2D eigenvalue weighted by atomic mass is 10.1. The highest BCUT2D eigenvalue weighted by molar-refractivity contribution is 8.18. The van der Waals surface area contributed by atoms with Gasteiger partial charge in [0.25, 0.3) is 0 Å². The minimum atomic E-state index is 0.459. The maximum atomic E-state index is 4.18. The van der Waals surface area contributed by atoms with E-state index in [0.29, 0.717) is 4.08 Å². The fraction of sp³-hybridized carbons (Fsp3) is 0.842. The van der Waals surface area contributed by atoms with E-state index >= 15 is 0 Å². The highest BCUT2D eigenvalue weighted by atomic mass is 32.2. The molecule has 132 valence electrons. The summed E-state index contributed by atoms with van der Waals surface area (Å²) in [4.78, 5) is 4.18. The Morgan fingerprint density at radius 3 is 2.39 bits per heavy atom. The first-order valence-electron chi connectivity index (χ1n) is 9.48. The number of hydrogen-bond donors (Lipinski definition) is 0. The standard InChI is InChI=1S/C19H34N2S2/c1-3-4-5-6-7-8-9-10-19(22-15-18(2)16-23-19)11-13-21-14-12-20-17-21/h12,14,17-18H,3-11,13,15-16H2,1-2H3. The van der Waals surface area contributed by atoms with Crippen molar-refractivity contribution in [2.24, 2.45) is 5.92 Å². The first kappa shape index (κ1) is 19.2. The van der Waals surface area contributed by atoms with Crippen molar-refractivity contribution in [2.45, 2.75) is 82.3 Å². The van der Waals surface area contributed by atoms with Crippen molar-refractivity contribution < 1.29 is 0 Å². The summed E-state index contributed by atoms with van der Waals surface area (Å²) in [7, 11) is 0. The lowest BCUT2D eigenvalue weighted by molar-refractivity contribution is 0.520. The van der Waals surface area contributed by atoms with E-state index in [1.54, 1.807) is 0 Å². The fourth-order valence-corrected chi connectivity index (χ4v) is 6.51. The molecule has 2 rings (SSSR count). The first-order chi connectivity index (χ1) is 11.2. The number of thioether (sulfide) groups is 2. The van der Waals surface area contributed by atoms with Crippen molar-refractivity contribution in [3.05, 3.63) is 18.7 Å².